The SMILES string of the molecule is CC(NS(=O)(=O)c1ccc(Cl)cc1)c1nnc(Nc2ccc(Br)cc2)s1. The summed E-state index contributed by atoms with van der Waals surface area (Å²) in [5.41, 5.74) is 0.866. The summed E-state index contributed by atoms with van der Waals surface area (Å²) < 4.78 is 28.5. The molecule has 1 aromatic heterocycles. The van der Waals surface area contributed by atoms with Crippen LogP contribution in [-0.4, -0.2) is 18.6 Å². The molecule has 3 aromatic rings. The van der Waals surface area contributed by atoms with Crippen molar-refractivity contribution in [1.29, 1.82) is 0 Å². The Kier molecular flexibility index (Phi) is 5.93. The Hall–Kier alpha value is -1.52. The van der Waals surface area contributed by atoms with E-state index in [0.717, 1.165) is 10.2 Å². The Morgan fingerprint density at radius 3 is 2.38 bits per heavy atom. The Morgan fingerprint density at radius 1 is 1.08 bits per heavy atom. The van der Waals surface area contributed by atoms with Gasteiger partial charge in [0.25, 0.3) is 0 Å². The summed E-state index contributed by atoms with van der Waals surface area (Å²) in [7, 11) is -3.67. The lowest BCUT2D eigenvalue weighted by Crippen LogP contribution is -2.26. The van der Waals surface area contributed by atoms with E-state index in [-0.39, 0.29) is 4.90 Å². The van der Waals surface area contributed by atoms with Crippen LogP contribution >= 0.6 is 38.9 Å². The highest BCUT2D eigenvalue weighted by Crippen LogP contribution is 2.26. The first-order valence-corrected chi connectivity index (χ1v) is 10.9. The van der Waals surface area contributed by atoms with Crippen LogP contribution in [0.3, 0.4) is 0 Å². The minimum Gasteiger partial charge on any atom is -0.330 e. The molecule has 26 heavy (non-hydrogen) atoms. The molecule has 0 saturated heterocycles. The predicted molar refractivity (Wildman–Crippen MR) is 108 cm³/mol. The number of rotatable bonds is 6. The van der Waals surface area contributed by atoms with E-state index < -0.39 is 16.1 Å². The van der Waals surface area contributed by atoms with Crippen molar-refractivity contribution < 1.29 is 8.42 Å². The second-order valence-corrected chi connectivity index (χ2v) is 9.45. The molecule has 2 N–H and O–H groups in total. The quantitative estimate of drug-likeness (QED) is 0.540. The minimum absolute atomic E-state index is 0.145. The van der Waals surface area contributed by atoms with Gasteiger partial charge in [0.2, 0.25) is 15.2 Å². The van der Waals surface area contributed by atoms with Crippen LogP contribution in [0.5, 0.6) is 0 Å². The van der Waals surface area contributed by atoms with E-state index in [0.29, 0.717) is 15.2 Å². The molecule has 0 bridgehead atoms. The molecule has 0 radical (unpaired) electrons. The number of sulfonamides is 1. The van der Waals surface area contributed by atoms with Crippen LogP contribution in [0.2, 0.25) is 5.02 Å². The van der Waals surface area contributed by atoms with E-state index in [1.54, 1.807) is 6.92 Å². The number of benzene rings is 2. The third kappa shape index (κ3) is 4.80. The number of aromatic nitrogens is 2. The van der Waals surface area contributed by atoms with Gasteiger partial charge >= 0.3 is 0 Å². The summed E-state index contributed by atoms with van der Waals surface area (Å²) in [4.78, 5) is 0.145. The van der Waals surface area contributed by atoms with Gasteiger partial charge in [0.15, 0.2) is 0 Å². The van der Waals surface area contributed by atoms with Crippen LogP contribution in [0.1, 0.15) is 18.0 Å². The lowest BCUT2D eigenvalue weighted by molar-refractivity contribution is 0.565. The maximum atomic E-state index is 12.4. The van der Waals surface area contributed by atoms with E-state index in [9.17, 15) is 8.42 Å². The van der Waals surface area contributed by atoms with Crippen LogP contribution in [0, 0.1) is 0 Å². The maximum Gasteiger partial charge on any atom is 0.241 e. The van der Waals surface area contributed by atoms with Gasteiger partial charge in [0.05, 0.1) is 10.9 Å². The molecular weight excluding hydrogens is 460 g/mol. The normalized spacial score (nSPS) is 12.7. The van der Waals surface area contributed by atoms with Gasteiger partial charge in [-0.25, -0.2) is 13.1 Å². The Labute approximate surface area is 168 Å². The third-order valence-corrected chi connectivity index (χ3v) is 6.72. The van der Waals surface area contributed by atoms with Gasteiger partial charge in [-0.15, -0.1) is 10.2 Å². The minimum atomic E-state index is -3.67. The predicted octanol–water partition coefficient (Wildman–Crippen LogP) is 4.74. The molecular formula is C16H14BrClN4O2S2. The molecule has 1 heterocycles. The second kappa shape index (κ2) is 8.01. The highest BCUT2D eigenvalue weighted by molar-refractivity contribution is 9.10. The highest BCUT2D eigenvalue weighted by Gasteiger charge is 2.21. The third-order valence-electron chi connectivity index (χ3n) is 3.36. The highest BCUT2D eigenvalue weighted by atomic mass is 79.9. The topological polar surface area (TPSA) is 84.0 Å². The molecule has 10 heteroatoms. The zero-order valence-electron chi connectivity index (χ0n) is 13.5. The second-order valence-electron chi connectivity index (χ2n) is 5.37. The van der Waals surface area contributed by atoms with Crippen molar-refractivity contribution in [2.45, 2.75) is 17.9 Å². The van der Waals surface area contributed by atoms with Crippen molar-refractivity contribution in [1.82, 2.24) is 14.9 Å². The smallest absolute Gasteiger partial charge is 0.241 e. The summed E-state index contributed by atoms with van der Waals surface area (Å²) in [6, 6.07) is 13.1. The zero-order chi connectivity index (χ0) is 18.7. The van der Waals surface area contributed by atoms with Crippen molar-refractivity contribution in [2.24, 2.45) is 0 Å². The van der Waals surface area contributed by atoms with E-state index in [1.165, 1.54) is 35.6 Å². The van der Waals surface area contributed by atoms with Gasteiger partial charge < -0.3 is 5.32 Å². The van der Waals surface area contributed by atoms with Gasteiger partial charge in [0.1, 0.15) is 5.01 Å². The molecule has 3 rings (SSSR count). The van der Waals surface area contributed by atoms with Gasteiger partial charge in [0, 0.05) is 15.2 Å². The van der Waals surface area contributed by atoms with Crippen molar-refractivity contribution in [3.8, 4) is 0 Å². The summed E-state index contributed by atoms with van der Waals surface area (Å²) in [6.07, 6.45) is 0. The molecule has 0 aliphatic heterocycles. The molecule has 0 aliphatic rings. The van der Waals surface area contributed by atoms with Gasteiger partial charge in [-0.05, 0) is 55.5 Å². The lowest BCUT2D eigenvalue weighted by Gasteiger charge is -2.11. The molecule has 0 fully saturated rings. The van der Waals surface area contributed by atoms with Crippen molar-refractivity contribution >= 4 is 59.7 Å². The fourth-order valence-corrected chi connectivity index (χ4v) is 4.52. The molecule has 6 nitrogen and oxygen atoms in total. The van der Waals surface area contributed by atoms with Gasteiger partial charge in [-0.3, -0.25) is 0 Å². The van der Waals surface area contributed by atoms with Crippen LogP contribution in [-0.2, 0) is 10.0 Å². The molecule has 136 valence electrons. The number of nitrogens with one attached hydrogen (secondary N) is 2. The van der Waals surface area contributed by atoms with E-state index in [2.05, 4.69) is 36.2 Å². The Morgan fingerprint density at radius 2 is 1.73 bits per heavy atom. The summed E-state index contributed by atoms with van der Waals surface area (Å²) >= 11 is 10.5. The molecule has 2 aromatic carbocycles. The number of hydrogen-bond acceptors (Lipinski definition) is 6. The first-order chi connectivity index (χ1) is 12.3. The summed E-state index contributed by atoms with van der Waals surface area (Å²) in [5.74, 6) is 0. The van der Waals surface area contributed by atoms with Crippen LogP contribution in [0.25, 0.3) is 0 Å². The van der Waals surface area contributed by atoms with Gasteiger partial charge in [-0.1, -0.05) is 38.9 Å². The van der Waals surface area contributed by atoms with E-state index >= 15 is 0 Å². The van der Waals surface area contributed by atoms with Crippen LogP contribution in [0.4, 0.5) is 10.8 Å². The van der Waals surface area contributed by atoms with Crippen LogP contribution in [0.15, 0.2) is 57.9 Å². The summed E-state index contributed by atoms with van der Waals surface area (Å²) in [6.45, 7) is 1.72. The first-order valence-electron chi connectivity index (χ1n) is 7.47. The van der Waals surface area contributed by atoms with Crippen LogP contribution < -0.4 is 10.0 Å². The number of anilines is 2. The van der Waals surface area contributed by atoms with E-state index in [4.69, 9.17) is 11.6 Å². The van der Waals surface area contributed by atoms with Crippen molar-refractivity contribution in [3.63, 3.8) is 0 Å². The average molecular weight is 474 g/mol. The number of halogens is 2. The number of nitrogens with zero attached hydrogens (tertiary/aromatic N) is 2. The van der Waals surface area contributed by atoms with Crippen molar-refractivity contribution in [2.75, 3.05) is 5.32 Å². The Bertz CT molecular complexity index is 992. The fourth-order valence-electron chi connectivity index (χ4n) is 2.08. The largest absolute Gasteiger partial charge is 0.330 e. The maximum absolute atomic E-state index is 12.4. The summed E-state index contributed by atoms with van der Waals surface area (Å²) in [5, 5.41) is 12.9. The lowest BCUT2D eigenvalue weighted by atomic mass is 10.3. The zero-order valence-corrected chi connectivity index (χ0v) is 17.5. The number of hydrogen-bond donors (Lipinski definition) is 2. The first kappa shape index (κ1) is 19.2. The van der Waals surface area contributed by atoms with Gasteiger partial charge in [-0.2, -0.15) is 0 Å². The monoisotopic (exact) mass is 472 g/mol. The standard InChI is InChI=1S/C16H14BrClN4O2S2/c1-10(22-26(23,24)14-8-4-12(18)5-9-14)15-20-21-16(25-15)19-13-6-2-11(17)3-7-13/h2-10,22H,1H3,(H,19,21). The molecule has 0 aliphatic carbocycles. The molecule has 1 atom stereocenters. The molecule has 0 saturated carbocycles. The van der Waals surface area contributed by atoms with E-state index in [1.807, 2.05) is 24.3 Å². The van der Waals surface area contributed by atoms with Crippen molar-refractivity contribution in [3.05, 3.63) is 63.0 Å². The molecule has 0 spiro atoms. The molecule has 0 amide bonds. The average Bonchev–Trinajstić information content (AvgIpc) is 3.06. The fraction of sp³-hybridized carbons (Fsp3) is 0.125. The Balaban J connectivity index is 1.70. The molecule has 1 unspecified atom stereocenters.